The van der Waals surface area contributed by atoms with Crippen molar-refractivity contribution in [3.8, 4) is 0 Å². The van der Waals surface area contributed by atoms with Crippen molar-refractivity contribution in [3.63, 3.8) is 0 Å². The quantitative estimate of drug-likeness (QED) is 0.428. The van der Waals surface area contributed by atoms with E-state index in [-0.39, 0.29) is 0 Å². The molecule has 144 valence electrons. The molecule has 0 aliphatic heterocycles. The Kier molecular flexibility index (Phi) is 2.44. The van der Waals surface area contributed by atoms with E-state index >= 15 is 0 Å². The van der Waals surface area contributed by atoms with Crippen LogP contribution in [-0.4, -0.2) is 0 Å². The first-order chi connectivity index (χ1) is 12.4. The Balaban J connectivity index is 0.000000622. The van der Waals surface area contributed by atoms with Crippen molar-refractivity contribution in [1.82, 2.24) is 0 Å². The van der Waals surface area contributed by atoms with Gasteiger partial charge >= 0.3 is 0 Å². The van der Waals surface area contributed by atoms with Gasteiger partial charge in [0, 0.05) is 0 Å². The van der Waals surface area contributed by atoms with Crippen LogP contribution >= 0.6 is 0 Å². The fraction of sp³-hybridized carbons (Fsp3) is 1.00. The van der Waals surface area contributed by atoms with Crippen LogP contribution in [0.25, 0.3) is 0 Å². The van der Waals surface area contributed by atoms with Crippen molar-refractivity contribution in [1.29, 1.82) is 0 Å². The molecular weight excluding hydrogens is 312 g/mol. The average molecular weight is 353 g/mol. The zero-order valence-electron chi connectivity index (χ0n) is 18.0. The van der Waals surface area contributed by atoms with Gasteiger partial charge in [-0.15, -0.1) is 0 Å². The Hall–Kier alpha value is 0. The highest BCUT2D eigenvalue weighted by Crippen LogP contribution is 2.98. The van der Waals surface area contributed by atoms with Gasteiger partial charge in [-0.1, -0.05) is 48.0 Å². The van der Waals surface area contributed by atoms with Crippen molar-refractivity contribution in [2.45, 2.75) is 80.1 Å². The van der Waals surface area contributed by atoms with Crippen molar-refractivity contribution in [3.05, 3.63) is 0 Å². The Labute approximate surface area is 161 Å². The molecule has 8 fully saturated rings. The second-order valence-electron chi connectivity index (χ2n) is 12.8. The molecule has 0 amide bonds. The first kappa shape index (κ1) is 15.9. The topological polar surface area (TPSA) is 0 Å². The summed E-state index contributed by atoms with van der Waals surface area (Å²) in [6, 6.07) is 0. The summed E-state index contributed by atoms with van der Waals surface area (Å²) in [5.41, 5.74) is 3.01. The smallest absolute Gasteiger partial charge is 0.0201 e. The van der Waals surface area contributed by atoms with E-state index < -0.39 is 0 Å². The summed E-state index contributed by atoms with van der Waals surface area (Å²) in [5, 5.41) is 0. The maximum atomic E-state index is 2.82. The Bertz CT molecular complexity index is 653. The SMILES string of the molecule is CC.CC12C3CCCC3C1(C)C1CC2C2C1C1(C)C3CC4CC(C43)C21C. The minimum absolute atomic E-state index is 0.745. The van der Waals surface area contributed by atoms with Crippen LogP contribution in [0, 0.1) is 80.8 Å². The van der Waals surface area contributed by atoms with Gasteiger partial charge in [-0.25, -0.2) is 0 Å². The van der Waals surface area contributed by atoms with Crippen LogP contribution in [0.3, 0.4) is 0 Å². The van der Waals surface area contributed by atoms with Crippen LogP contribution in [-0.2, 0) is 0 Å². The Morgan fingerprint density at radius 1 is 0.538 bits per heavy atom. The molecule has 0 nitrogen and oxygen atoms in total. The molecule has 0 heteroatoms. The number of fused-ring (bicyclic) bond motifs is 16. The summed E-state index contributed by atoms with van der Waals surface area (Å²) in [4.78, 5) is 0. The van der Waals surface area contributed by atoms with E-state index in [1.807, 2.05) is 13.8 Å². The first-order valence-corrected chi connectivity index (χ1v) is 12.4. The lowest BCUT2D eigenvalue weighted by molar-refractivity contribution is -0.326. The molecule has 0 aromatic rings. The molecule has 0 radical (unpaired) electrons. The van der Waals surface area contributed by atoms with Crippen LogP contribution < -0.4 is 0 Å². The van der Waals surface area contributed by atoms with Gasteiger partial charge < -0.3 is 0 Å². The fourth-order valence-electron chi connectivity index (χ4n) is 13.5. The monoisotopic (exact) mass is 352 g/mol. The first-order valence-electron chi connectivity index (χ1n) is 12.4. The van der Waals surface area contributed by atoms with Crippen LogP contribution in [0.15, 0.2) is 0 Å². The summed E-state index contributed by atoms with van der Waals surface area (Å²) >= 11 is 0. The maximum Gasteiger partial charge on any atom is -0.0201 e. The summed E-state index contributed by atoms with van der Waals surface area (Å²) in [5.74, 6) is 11.5. The van der Waals surface area contributed by atoms with Crippen molar-refractivity contribution >= 4 is 0 Å². The van der Waals surface area contributed by atoms with Crippen LogP contribution in [0.2, 0.25) is 0 Å². The molecule has 2 bridgehead atoms. The Morgan fingerprint density at radius 2 is 1.00 bits per heavy atom. The Morgan fingerprint density at radius 3 is 1.42 bits per heavy atom. The lowest BCUT2D eigenvalue weighted by Gasteiger charge is -2.79. The largest absolute Gasteiger partial charge is 0.0683 e. The summed E-state index contributed by atoms with van der Waals surface area (Å²) < 4.78 is 0. The number of hydrogen-bond acceptors (Lipinski definition) is 0. The normalized spacial score (nSPS) is 77.3. The van der Waals surface area contributed by atoms with E-state index in [0.717, 1.165) is 69.0 Å². The molecule has 0 N–H and O–H groups in total. The van der Waals surface area contributed by atoms with Crippen molar-refractivity contribution in [2.24, 2.45) is 80.8 Å². The van der Waals surface area contributed by atoms with Crippen LogP contribution in [0.1, 0.15) is 80.1 Å². The molecule has 8 rings (SSSR count). The van der Waals surface area contributed by atoms with Gasteiger partial charge in [0.1, 0.15) is 0 Å². The molecule has 12 atom stereocenters. The summed E-state index contributed by atoms with van der Waals surface area (Å²) in [7, 11) is 0. The highest BCUT2D eigenvalue weighted by molar-refractivity contribution is 5.40. The highest BCUT2D eigenvalue weighted by atomic mass is 15.0. The van der Waals surface area contributed by atoms with Gasteiger partial charge in [0.05, 0.1) is 0 Å². The zero-order chi connectivity index (χ0) is 18.0. The fourth-order valence-corrected chi connectivity index (χ4v) is 13.5. The highest BCUT2D eigenvalue weighted by Gasteiger charge is 2.93. The van der Waals surface area contributed by atoms with Gasteiger partial charge in [0.25, 0.3) is 0 Å². The average Bonchev–Trinajstić information content (AvgIpc) is 3.29. The second-order valence-corrected chi connectivity index (χ2v) is 12.8. The third-order valence-corrected chi connectivity index (χ3v) is 14.2. The van der Waals surface area contributed by atoms with E-state index in [9.17, 15) is 0 Å². The van der Waals surface area contributed by atoms with Crippen LogP contribution in [0.5, 0.6) is 0 Å². The van der Waals surface area contributed by atoms with E-state index in [4.69, 9.17) is 0 Å². The van der Waals surface area contributed by atoms with Gasteiger partial charge in [-0.05, 0) is 113 Å². The predicted octanol–water partition coefficient (Wildman–Crippen LogP) is 6.65. The zero-order valence-corrected chi connectivity index (χ0v) is 18.0. The predicted molar refractivity (Wildman–Crippen MR) is 106 cm³/mol. The minimum atomic E-state index is 0.745. The van der Waals surface area contributed by atoms with E-state index in [0.29, 0.717) is 0 Å². The molecule has 8 aliphatic carbocycles. The number of hydrogen-bond donors (Lipinski definition) is 0. The lowest BCUT2D eigenvalue weighted by Crippen LogP contribution is -2.75. The third-order valence-electron chi connectivity index (χ3n) is 14.2. The van der Waals surface area contributed by atoms with Crippen molar-refractivity contribution < 1.29 is 0 Å². The number of rotatable bonds is 0. The van der Waals surface area contributed by atoms with E-state index in [1.54, 1.807) is 38.5 Å². The molecule has 26 heavy (non-hydrogen) atoms. The molecule has 12 unspecified atom stereocenters. The van der Waals surface area contributed by atoms with Gasteiger partial charge in [0.15, 0.2) is 0 Å². The molecule has 0 heterocycles. The van der Waals surface area contributed by atoms with Crippen LogP contribution in [0.4, 0.5) is 0 Å². The summed E-state index contributed by atoms with van der Waals surface area (Å²) in [6.45, 7) is 15.2. The molecule has 0 aromatic carbocycles. The van der Waals surface area contributed by atoms with Crippen molar-refractivity contribution in [2.75, 3.05) is 0 Å². The third kappa shape index (κ3) is 1.01. The molecule has 0 saturated heterocycles. The molecule has 8 saturated carbocycles. The molecule has 8 aliphatic rings. The van der Waals surface area contributed by atoms with Gasteiger partial charge in [0.2, 0.25) is 0 Å². The molecule has 0 aromatic heterocycles. The summed E-state index contributed by atoms with van der Waals surface area (Å²) in [6.07, 6.45) is 9.64. The standard InChI is InChI=1S/C24H34.C2H6/c1-21-12-6-5-7-13(12)22(21,2)17-10-16(21)19-20(17)24(4)15-9-11-8-14(18(11)15)23(19,24)3;1-2/h11-20H,5-10H2,1-4H3;1-2H3. The van der Waals surface area contributed by atoms with E-state index in [2.05, 4.69) is 27.7 Å². The molecule has 0 spiro atoms. The van der Waals surface area contributed by atoms with Gasteiger partial charge in [-0.3, -0.25) is 0 Å². The lowest BCUT2D eigenvalue weighted by atomic mass is 9.25. The maximum absolute atomic E-state index is 2.82. The second kappa shape index (κ2) is 4.00. The van der Waals surface area contributed by atoms with E-state index in [1.165, 1.54) is 11.8 Å². The minimum Gasteiger partial charge on any atom is -0.0683 e. The van der Waals surface area contributed by atoms with Gasteiger partial charge in [-0.2, -0.15) is 0 Å². The molecular formula is C26H40.